The largest absolute Gasteiger partial charge is 0.342 e. The van der Waals surface area contributed by atoms with Gasteiger partial charge in [-0.1, -0.05) is 16.8 Å². The number of thiophene rings is 1. The van der Waals surface area contributed by atoms with E-state index >= 15 is 0 Å². The lowest BCUT2D eigenvalue weighted by Crippen LogP contribution is -2.39. The summed E-state index contributed by atoms with van der Waals surface area (Å²) in [7, 11) is 0. The molecule has 118 valence electrons. The maximum atomic E-state index is 12.4. The second kappa shape index (κ2) is 6.79. The average molecular weight is 340 g/mol. The van der Waals surface area contributed by atoms with Crippen LogP contribution >= 0.6 is 22.9 Å². The van der Waals surface area contributed by atoms with Crippen LogP contribution in [0.1, 0.15) is 41.8 Å². The molecule has 0 aliphatic carbocycles. The van der Waals surface area contributed by atoms with Gasteiger partial charge >= 0.3 is 0 Å². The first-order chi connectivity index (χ1) is 10.6. The van der Waals surface area contributed by atoms with Crippen molar-refractivity contribution in [3.8, 4) is 0 Å². The first-order valence-corrected chi connectivity index (χ1v) is 8.68. The minimum absolute atomic E-state index is 0.162. The molecule has 5 nitrogen and oxygen atoms in total. The molecule has 0 radical (unpaired) electrons. The Kier molecular flexibility index (Phi) is 4.78. The van der Waals surface area contributed by atoms with Crippen molar-refractivity contribution in [1.29, 1.82) is 0 Å². The van der Waals surface area contributed by atoms with Gasteiger partial charge in [-0.25, -0.2) is 0 Å². The van der Waals surface area contributed by atoms with Crippen molar-refractivity contribution in [2.75, 3.05) is 13.1 Å². The molecule has 2 aromatic heterocycles. The van der Waals surface area contributed by atoms with E-state index in [9.17, 15) is 4.79 Å². The number of likely N-dealkylation sites (tertiary alicyclic amines) is 1. The summed E-state index contributed by atoms with van der Waals surface area (Å²) in [4.78, 5) is 19.8. The van der Waals surface area contributed by atoms with Gasteiger partial charge in [0.15, 0.2) is 5.82 Å². The van der Waals surface area contributed by atoms with Gasteiger partial charge in [0, 0.05) is 29.8 Å². The van der Waals surface area contributed by atoms with E-state index in [-0.39, 0.29) is 11.8 Å². The van der Waals surface area contributed by atoms with Gasteiger partial charge < -0.3 is 9.42 Å². The van der Waals surface area contributed by atoms with Crippen LogP contribution in [0.25, 0.3) is 0 Å². The molecule has 0 unspecified atom stereocenters. The summed E-state index contributed by atoms with van der Waals surface area (Å²) in [6, 6.07) is 1.93. The Morgan fingerprint density at radius 3 is 3.14 bits per heavy atom. The van der Waals surface area contributed by atoms with Crippen LogP contribution < -0.4 is 0 Å². The van der Waals surface area contributed by atoms with Gasteiger partial charge in [-0.2, -0.15) is 4.98 Å². The average Bonchev–Trinajstić information content (AvgIpc) is 3.13. The van der Waals surface area contributed by atoms with E-state index in [1.165, 1.54) is 0 Å². The molecule has 1 saturated heterocycles. The topological polar surface area (TPSA) is 59.2 Å². The molecule has 7 heteroatoms. The van der Waals surface area contributed by atoms with E-state index in [0.717, 1.165) is 35.7 Å². The van der Waals surface area contributed by atoms with Gasteiger partial charge in [0.05, 0.1) is 10.9 Å². The van der Waals surface area contributed by atoms with Crippen LogP contribution in [-0.2, 0) is 11.2 Å². The lowest BCUT2D eigenvalue weighted by atomic mass is 9.97. The monoisotopic (exact) mass is 339 g/mol. The van der Waals surface area contributed by atoms with E-state index < -0.39 is 0 Å². The lowest BCUT2D eigenvalue weighted by Gasteiger charge is -2.31. The molecular formula is C15H18ClN3O2S. The summed E-state index contributed by atoms with van der Waals surface area (Å²) in [5.74, 6) is 1.65. The molecule has 1 amide bonds. The van der Waals surface area contributed by atoms with Crippen molar-refractivity contribution in [1.82, 2.24) is 15.0 Å². The van der Waals surface area contributed by atoms with Crippen molar-refractivity contribution in [3.05, 3.63) is 33.1 Å². The first kappa shape index (κ1) is 15.5. The number of hydrogen-bond acceptors (Lipinski definition) is 5. The van der Waals surface area contributed by atoms with Crippen LogP contribution in [0.15, 0.2) is 16.0 Å². The molecule has 0 aromatic carbocycles. The van der Waals surface area contributed by atoms with E-state index in [4.69, 9.17) is 16.1 Å². The number of piperidine rings is 1. The van der Waals surface area contributed by atoms with Crippen LogP contribution in [0.4, 0.5) is 0 Å². The summed E-state index contributed by atoms with van der Waals surface area (Å²) in [5.41, 5.74) is 0. The van der Waals surface area contributed by atoms with Crippen LogP contribution in [0.2, 0.25) is 5.02 Å². The zero-order valence-corrected chi connectivity index (χ0v) is 14.0. The Bertz CT molecular complexity index is 655. The Labute approximate surface area is 138 Å². The van der Waals surface area contributed by atoms with Gasteiger partial charge in [0.25, 0.3) is 0 Å². The molecule has 0 N–H and O–H groups in total. The summed E-state index contributed by atoms with van der Waals surface area (Å²) >= 11 is 7.51. The molecule has 1 fully saturated rings. The van der Waals surface area contributed by atoms with Crippen molar-refractivity contribution in [2.45, 2.75) is 38.5 Å². The van der Waals surface area contributed by atoms with E-state index in [1.54, 1.807) is 11.3 Å². The van der Waals surface area contributed by atoms with Gasteiger partial charge in [0.2, 0.25) is 11.8 Å². The number of nitrogens with zero attached hydrogens (tertiary/aromatic N) is 3. The van der Waals surface area contributed by atoms with Crippen LogP contribution in [0, 0.1) is 6.92 Å². The summed E-state index contributed by atoms with van der Waals surface area (Å²) in [5, 5.41) is 6.49. The normalized spacial score (nSPS) is 18.6. The molecule has 0 saturated carbocycles. The zero-order valence-electron chi connectivity index (χ0n) is 12.4. The van der Waals surface area contributed by atoms with Crippen molar-refractivity contribution < 1.29 is 9.32 Å². The maximum Gasteiger partial charge on any atom is 0.231 e. The van der Waals surface area contributed by atoms with Gasteiger partial charge in [-0.3, -0.25) is 4.79 Å². The number of hydrogen-bond donors (Lipinski definition) is 0. The predicted molar refractivity (Wildman–Crippen MR) is 85.2 cm³/mol. The molecule has 2 aromatic rings. The second-order valence-electron chi connectivity index (χ2n) is 5.59. The van der Waals surface area contributed by atoms with Gasteiger partial charge in [-0.05, 0) is 32.3 Å². The van der Waals surface area contributed by atoms with E-state index in [2.05, 4.69) is 10.1 Å². The predicted octanol–water partition coefficient (Wildman–Crippen LogP) is 3.43. The first-order valence-electron chi connectivity index (χ1n) is 7.42. The minimum Gasteiger partial charge on any atom is -0.342 e. The highest BCUT2D eigenvalue weighted by Crippen LogP contribution is 2.26. The molecule has 0 bridgehead atoms. The third-order valence-electron chi connectivity index (χ3n) is 3.87. The Morgan fingerprint density at radius 1 is 1.59 bits per heavy atom. The minimum atomic E-state index is 0.162. The van der Waals surface area contributed by atoms with Crippen molar-refractivity contribution in [2.24, 2.45) is 0 Å². The van der Waals surface area contributed by atoms with Crippen molar-refractivity contribution >= 4 is 28.8 Å². The second-order valence-corrected chi connectivity index (χ2v) is 7.02. The standard InChI is InChI=1S/C15H18ClN3O2S/c1-10-17-15(21-18-10)11-3-2-6-19(8-11)14(20)5-4-13-7-12(16)9-22-13/h7,9,11H,2-6,8H2,1H3/t11-/m0/s1. The number of carbonyl (C=O) groups is 1. The van der Waals surface area contributed by atoms with Crippen LogP contribution in [0.3, 0.4) is 0 Å². The fourth-order valence-electron chi connectivity index (χ4n) is 2.76. The number of rotatable bonds is 4. The fourth-order valence-corrected chi connectivity index (χ4v) is 3.83. The molecule has 0 spiro atoms. The maximum absolute atomic E-state index is 12.4. The lowest BCUT2D eigenvalue weighted by molar-refractivity contribution is -0.132. The number of amides is 1. The molecule has 1 atom stereocenters. The Balaban J connectivity index is 1.55. The third kappa shape index (κ3) is 3.67. The van der Waals surface area contributed by atoms with Gasteiger partial charge in [0.1, 0.15) is 0 Å². The Hall–Kier alpha value is -1.40. The fraction of sp³-hybridized carbons (Fsp3) is 0.533. The highest BCUT2D eigenvalue weighted by Gasteiger charge is 2.28. The van der Waals surface area contributed by atoms with Gasteiger partial charge in [-0.15, -0.1) is 11.3 Å². The number of halogens is 1. The molecule has 3 rings (SSSR count). The van der Waals surface area contributed by atoms with Crippen LogP contribution in [-0.4, -0.2) is 34.0 Å². The summed E-state index contributed by atoms with van der Waals surface area (Å²) < 4.78 is 5.25. The zero-order chi connectivity index (χ0) is 15.5. The summed E-state index contributed by atoms with van der Waals surface area (Å²) in [6.45, 7) is 3.30. The van der Waals surface area contributed by atoms with E-state index in [1.807, 2.05) is 23.3 Å². The molecule has 1 aliphatic rings. The molecule has 22 heavy (non-hydrogen) atoms. The molecular weight excluding hydrogens is 322 g/mol. The highest BCUT2D eigenvalue weighted by molar-refractivity contribution is 7.10. The smallest absolute Gasteiger partial charge is 0.231 e. The third-order valence-corrected chi connectivity index (χ3v) is 5.22. The Morgan fingerprint density at radius 2 is 2.45 bits per heavy atom. The van der Waals surface area contributed by atoms with E-state index in [0.29, 0.717) is 24.7 Å². The SMILES string of the molecule is Cc1noc([C@H]2CCCN(C(=O)CCc3cc(Cl)cs3)C2)n1. The van der Waals surface area contributed by atoms with Crippen molar-refractivity contribution in [3.63, 3.8) is 0 Å². The highest BCUT2D eigenvalue weighted by atomic mass is 35.5. The molecule has 3 heterocycles. The quantitative estimate of drug-likeness (QED) is 0.856. The number of aryl methyl sites for hydroxylation is 2. The summed E-state index contributed by atoms with van der Waals surface area (Å²) in [6.07, 6.45) is 3.23. The number of carbonyl (C=O) groups excluding carboxylic acids is 1. The number of aromatic nitrogens is 2. The van der Waals surface area contributed by atoms with Crippen LogP contribution in [0.5, 0.6) is 0 Å². The molecule has 1 aliphatic heterocycles.